The van der Waals surface area contributed by atoms with Crippen molar-refractivity contribution in [3.8, 4) is 17.1 Å². The molecule has 4 rings (SSSR count). The van der Waals surface area contributed by atoms with E-state index in [1.54, 1.807) is 10.9 Å². The summed E-state index contributed by atoms with van der Waals surface area (Å²) in [7, 11) is 0. The number of para-hydroxylation sites is 1. The van der Waals surface area contributed by atoms with Crippen LogP contribution in [0.15, 0.2) is 66.0 Å². The zero-order valence-electron chi connectivity index (χ0n) is 14.8. The van der Waals surface area contributed by atoms with E-state index in [-0.39, 0.29) is 0 Å². The molecule has 0 amide bonds. The highest BCUT2D eigenvalue weighted by Gasteiger charge is 2.18. The van der Waals surface area contributed by atoms with E-state index < -0.39 is 0 Å². The Hall–Kier alpha value is -3.26. The molecule has 0 saturated carbocycles. The van der Waals surface area contributed by atoms with Crippen LogP contribution in [-0.4, -0.2) is 24.7 Å². The van der Waals surface area contributed by atoms with Gasteiger partial charge < -0.3 is 11.6 Å². The van der Waals surface area contributed by atoms with Crippen LogP contribution in [0.2, 0.25) is 0 Å². The molecule has 0 atom stereocenters. The summed E-state index contributed by atoms with van der Waals surface area (Å²) in [6.45, 7) is 2.07. The maximum atomic E-state index is 6.28. The third-order valence-corrected chi connectivity index (χ3v) is 5.18. The highest BCUT2D eigenvalue weighted by atomic mass is 32.2. The molecule has 2 heterocycles. The molecular formula is C19H19N7S. The molecule has 0 aliphatic carbocycles. The van der Waals surface area contributed by atoms with Gasteiger partial charge in [-0.3, -0.25) is 0 Å². The Bertz CT molecular complexity index is 1070. The number of nitrogen functional groups attached to an aromatic ring is 2. The number of aromatic nitrogens is 5. The molecule has 2 aromatic heterocycles. The van der Waals surface area contributed by atoms with Gasteiger partial charge in [-0.25, -0.2) is 9.36 Å². The van der Waals surface area contributed by atoms with Gasteiger partial charge in [0.1, 0.15) is 5.82 Å². The maximum Gasteiger partial charge on any atom is 0.210 e. The van der Waals surface area contributed by atoms with E-state index in [0.29, 0.717) is 22.4 Å². The number of thioether (sulfide) groups is 1. The molecule has 0 unspecified atom stereocenters. The second-order valence-corrected chi connectivity index (χ2v) is 7.09. The number of aryl methyl sites for hydroxylation is 1. The molecule has 0 aliphatic rings. The minimum absolute atomic E-state index is 0.468. The summed E-state index contributed by atoms with van der Waals surface area (Å²) in [5.74, 6) is 7.94. The second-order valence-electron chi connectivity index (χ2n) is 6.14. The summed E-state index contributed by atoms with van der Waals surface area (Å²) in [6, 6.07) is 18.0. The quantitative estimate of drug-likeness (QED) is 0.409. The molecule has 0 fully saturated rings. The van der Waals surface area contributed by atoms with E-state index in [2.05, 4.69) is 40.4 Å². The molecule has 7 nitrogen and oxygen atoms in total. The van der Waals surface area contributed by atoms with Gasteiger partial charge in [0.25, 0.3) is 0 Å². The molecule has 4 aromatic rings. The van der Waals surface area contributed by atoms with Crippen LogP contribution in [0.25, 0.3) is 17.1 Å². The van der Waals surface area contributed by atoms with Gasteiger partial charge in [0.05, 0.1) is 17.4 Å². The summed E-state index contributed by atoms with van der Waals surface area (Å²) >= 11 is 1.53. The van der Waals surface area contributed by atoms with E-state index >= 15 is 0 Å². The van der Waals surface area contributed by atoms with Crippen LogP contribution < -0.4 is 11.6 Å². The number of rotatable bonds is 5. The highest BCUT2D eigenvalue weighted by Crippen LogP contribution is 2.29. The van der Waals surface area contributed by atoms with E-state index in [1.807, 2.05) is 36.4 Å². The van der Waals surface area contributed by atoms with Crippen molar-refractivity contribution in [3.63, 3.8) is 0 Å². The molecule has 2 aromatic carbocycles. The van der Waals surface area contributed by atoms with E-state index in [1.165, 1.54) is 27.6 Å². The summed E-state index contributed by atoms with van der Waals surface area (Å²) in [5.41, 5.74) is 10.2. The van der Waals surface area contributed by atoms with E-state index in [9.17, 15) is 0 Å². The second kappa shape index (κ2) is 7.16. The molecule has 0 aliphatic heterocycles. The zero-order valence-corrected chi connectivity index (χ0v) is 15.6. The molecule has 27 heavy (non-hydrogen) atoms. The Morgan fingerprint density at radius 3 is 2.63 bits per heavy atom. The fraction of sp³-hybridized carbons (Fsp3) is 0.105. The lowest BCUT2D eigenvalue weighted by atomic mass is 10.2. The van der Waals surface area contributed by atoms with Gasteiger partial charge in [0.2, 0.25) is 5.16 Å². The van der Waals surface area contributed by atoms with Crippen LogP contribution in [0, 0.1) is 6.92 Å². The van der Waals surface area contributed by atoms with Crippen molar-refractivity contribution in [1.82, 2.24) is 24.7 Å². The molecule has 0 spiro atoms. The minimum atomic E-state index is 0.468. The SMILES string of the molecule is Cc1cccc(CSc2nnc(-c3cnn(-c4ccccc4)c3N)n2N)c1. The van der Waals surface area contributed by atoms with Crippen LogP contribution in [0.5, 0.6) is 0 Å². The normalized spacial score (nSPS) is 11.0. The van der Waals surface area contributed by atoms with Crippen molar-refractivity contribution >= 4 is 17.6 Å². The van der Waals surface area contributed by atoms with Crippen molar-refractivity contribution in [2.24, 2.45) is 0 Å². The van der Waals surface area contributed by atoms with Crippen molar-refractivity contribution in [1.29, 1.82) is 0 Å². The lowest BCUT2D eigenvalue weighted by Crippen LogP contribution is -2.12. The van der Waals surface area contributed by atoms with Crippen molar-refractivity contribution in [3.05, 3.63) is 71.9 Å². The molecule has 0 saturated heterocycles. The fourth-order valence-electron chi connectivity index (χ4n) is 2.81. The standard InChI is InChI=1S/C19H19N7S/c1-13-6-5-7-14(10-13)12-27-19-24-23-18(25(19)21)16-11-22-26(17(16)20)15-8-3-2-4-9-15/h2-11H,12,20-21H2,1H3. The highest BCUT2D eigenvalue weighted by molar-refractivity contribution is 7.98. The first-order chi connectivity index (χ1) is 13.1. The third kappa shape index (κ3) is 3.39. The lowest BCUT2D eigenvalue weighted by molar-refractivity contribution is 0.849. The van der Waals surface area contributed by atoms with Crippen LogP contribution in [0.1, 0.15) is 11.1 Å². The van der Waals surface area contributed by atoms with Crippen molar-refractivity contribution < 1.29 is 0 Å². The number of hydrogen-bond donors (Lipinski definition) is 2. The molecule has 136 valence electrons. The first kappa shape index (κ1) is 17.2. The first-order valence-electron chi connectivity index (χ1n) is 8.41. The van der Waals surface area contributed by atoms with Gasteiger partial charge in [-0.05, 0) is 24.6 Å². The van der Waals surface area contributed by atoms with Crippen LogP contribution in [0.3, 0.4) is 0 Å². The largest absolute Gasteiger partial charge is 0.383 e. The Labute approximate surface area is 161 Å². The minimum Gasteiger partial charge on any atom is -0.383 e. The number of nitrogens with zero attached hydrogens (tertiary/aromatic N) is 5. The van der Waals surface area contributed by atoms with Crippen LogP contribution in [-0.2, 0) is 5.75 Å². The predicted octanol–water partition coefficient (Wildman–Crippen LogP) is 3.03. The summed E-state index contributed by atoms with van der Waals surface area (Å²) in [6.07, 6.45) is 1.66. The van der Waals surface area contributed by atoms with Gasteiger partial charge in [0, 0.05) is 5.75 Å². The Morgan fingerprint density at radius 2 is 1.85 bits per heavy atom. The Morgan fingerprint density at radius 1 is 1.04 bits per heavy atom. The average molecular weight is 377 g/mol. The zero-order chi connectivity index (χ0) is 18.8. The molecule has 4 N–H and O–H groups in total. The summed E-state index contributed by atoms with van der Waals surface area (Å²) in [4.78, 5) is 0. The molecular weight excluding hydrogens is 358 g/mol. The van der Waals surface area contributed by atoms with Gasteiger partial charge in [-0.2, -0.15) is 5.10 Å². The average Bonchev–Trinajstić information content (AvgIpc) is 3.23. The van der Waals surface area contributed by atoms with Crippen molar-refractivity contribution in [2.75, 3.05) is 11.6 Å². The third-order valence-electron chi connectivity index (χ3n) is 4.16. The lowest BCUT2D eigenvalue weighted by Gasteiger charge is -2.06. The van der Waals surface area contributed by atoms with Crippen LogP contribution in [0.4, 0.5) is 5.82 Å². The summed E-state index contributed by atoms with van der Waals surface area (Å²) in [5, 5.41) is 13.4. The number of nitrogens with two attached hydrogens (primary N) is 2. The van der Waals surface area contributed by atoms with Gasteiger partial charge >= 0.3 is 0 Å². The van der Waals surface area contributed by atoms with E-state index in [4.69, 9.17) is 11.6 Å². The topological polar surface area (TPSA) is 101 Å². The number of benzene rings is 2. The maximum absolute atomic E-state index is 6.28. The number of hydrogen-bond acceptors (Lipinski definition) is 6. The summed E-state index contributed by atoms with van der Waals surface area (Å²) < 4.78 is 3.12. The predicted molar refractivity (Wildman–Crippen MR) is 108 cm³/mol. The van der Waals surface area contributed by atoms with Crippen molar-refractivity contribution in [2.45, 2.75) is 17.8 Å². The Balaban J connectivity index is 1.58. The van der Waals surface area contributed by atoms with Crippen LogP contribution >= 0.6 is 11.8 Å². The molecule has 0 radical (unpaired) electrons. The Kier molecular flexibility index (Phi) is 4.55. The van der Waals surface area contributed by atoms with Gasteiger partial charge in [-0.1, -0.05) is 59.8 Å². The smallest absolute Gasteiger partial charge is 0.210 e. The van der Waals surface area contributed by atoms with E-state index in [0.717, 1.165) is 11.4 Å². The van der Waals surface area contributed by atoms with Gasteiger partial charge in [-0.15, -0.1) is 10.2 Å². The first-order valence-corrected chi connectivity index (χ1v) is 9.40. The monoisotopic (exact) mass is 377 g/mol. The molecule has 8 heteroatoms. The van der Waals surface area contributed by atoms with Gasteiger partial charge in [0.15, 0.2) is 5.82 Å². The fourth-order valence-corrected chi connectivity index (χ4v) is 3.61. The number of anilines is 1. The molecule has 0 bridgehead atoms.